The Hall–Kier alpha value is -3.78. The summed E-state index contributed by atoms with van der Waals surface area (Å²) in [6.07, 6.45) is 3.07. The number of furan rings is 1. The summed E-state index contributed by atoms with van der Waals surface area (Å²) in [5, 5.41) is 6.45. The lowest BCUT2D eigenvalue weighted by atomic mass is 9.97. The van der Waals surface area contributed by atoms with Crippen LogP contribution in [0.15, 0.2) is 61.8 Å². The number of thiazole rings is 1. The summed E-state index contributed by atoms with van der Waals surface area (Å²) < 4.78 is 24.8. The molecule has 32 heavy (non-hydrogen) atoms. The van der Waals surface area contributed by atoms with Crippen molar-refractivity contribution in [2.75, 3.05) is 5.32 Å². The van der Waals surface area contributed by atoms with Crippen LogP contribution in [0, 0.1) is 19.7 Å². The Bertz CT molecular complexity index is 1530. The van der Waals surface area contributed by atoms with Gasteiger partial charge in [0, 0.05) is 33.5 Å². The number of hydrogen-bond acceptors (Lipinski definition) is 6. The number of fused-ring (bicyclic) bond motifs is 2. The number of aryl methyl sites for hydroxylation is 2. The predicted molar refractivity (Wildman–Crippen MR) is 122 cm³/mol. The summed E-state index contributed by atoms with van der Waals surface area (Å²) in [6, 6.07) is 8.05. The number of anilines is 1. The molecular weight excluding hydrogens is 431 g/mol. The number of carbonyl (C=O) groups is 1. The van der Waals surface area contributed by atoms with Crippen molar-refractivity contribution in [1.29, 1.82) is 0 Å². The number of aromatic nitrogens is 1. The standard InChI is InChI=1S/C24H17FN2O4S/c1-12-16-9-18-19(14-3-5-15(25)6-4-14)11-30-21(18)13(2)22(16)31-23(29)17(12)10-20(28)27-24-26-7-8-32-24/h3-9,11H,10H2,1-2H3,(H,26,27,28). The molecule has 0 unspecified atom stereocenters. The topological polar surface area (TPSA) is 85.3 Å². The summed E-state index contributed by atoms with van der Waals surface area (Å²) in [7, 11) is 0. The molecule has 0 spiro atoms. The van der Waals surface area contributed by atoms with Gasteiger partial charge in [-0.15, -0.1) is 11.3 Å². The van der Waals surface area contributed by atoms with Crippen LogP contribution >= 0.6 is 11.3 Å². The minimum atomic E-state index is -0.558. The van der Waals surface area contributed by atoms with Gasteiger partial charge in [0.2, 0.25) is 5.91 Å². The fourth-order valence-corrected chi connectivity index (χ4v) is 4.41. The Morgan fingerprint density at radius 3 is 2.62 bits per heavy atom. The van der Waals surface area contributed by atoms with Crippen LogP contribution in [0.25, 0.3) is 33.1 Å². The maximum atomic E-state index is 13.4. The average Bonchev–Trinajstić information content (AvgIpc) is 3.43. The van der Waals surface area contributed by atoms with Crippen molar-refractivity contribution >= 4 is 44.3 Å². The number of carbonyl (C=O) groups excluding carboxylic acids is 1. The molecule has 6 nitrogen and oxygen atoms in total. The second kappa shape index (κ2) is 7.72. The molecule has 0 aliphatic heterocycles. The molecule has 5 rings (SSSR count). The van der Waals surface area contributed by atoms with Gasteiger partial charge in [0.25, 0.3) is 0 Å². The average molecular weight is 448 g/mol. The normalized spacial score (nSPS) is 11.3. The molecule has 160 valence electrons. The lowest BCUT2D eigenvalue weighted by Gasteiger charge is -2.10. The van der Waals surface area contributed by atoms with Crippen LogP contribution in [0.1, 0.15) is 16.7 Å². The van der Waals surface area contributed by atoms with Gasteiger partial charge >= 0.3 is 5.63 Å². The van der Waals surface area contributed by atoms with Crippen molar-refractivity contribution in [3.63, 3.8) is 0 Å². The Morgan fingerprint density at radius 1 is 1.12 bits per heavy atom. The maximum absolute atomic E-state index is 13.4. The van der Waals surface area contributed by atoms with Crippen molar-refractivity contribution < 1.29 is 18.0 Å². The molecule has 0 saturated heterocycles. The molecule has 1 amide bonds. The largest absolute Gasteiger partial charge is 0.463 e. The van der Waals surface area contributed by atoms with Gasteiger partial charge < -0.3 is 14.2 Å². The third kappa shape index (κ3) is 3.38. The van der Waals surface area contributed by atoms with E-state index in [2.05, 4.69) is 10.3 Å². The molecule has 8 heteroatoms. The Kier molecular flexibility index (Phi) is 4.86. The van der Waals surface area contributed by atoms with Crippen molar-refractivity contribution in [3.05, 3.63) is 81.1 Å². The number of rotatable bonds is 4. The highest BCUT2D eigenvalue weighted by atomic mass is 32.1. The zero-order valence-electron chi connectivity index (χ0n) is 17.2. The van der Waals surface area contributed by atoms with Gasteiger partial charge in [-0.1, -0.05) is 12.1 Å². The highest BCUT2D eigenvalue weighted by Crippen LogP contribution is 2.37. The van der Waals surface area contributed by atoms with E-state index in [9.17, 15) is 14.0 Å². The number of nitrogens with zero attached hydrogens (tertiary/aromatic N) is 1. The van der Waals surface area contributed by atoms with E-state index < -0.39 is 5.63 Å². The Morgan fingerprint density at radius 2 is 1.91 bits per heavy atom. The zero-order valence-corrected chi connectivity index (χ0v) is 18.0. The first-order valence-corrected chi connectivity index (χ1v) is 10.7. The van der Waals surface area contributed by atoms with Gasteiger partial charge in [-0.2, -0.15) is 0 Å². The number of halogens is 1. The molecule has 0 atom stereocenters. The third-order valence-electron chi connectivity index (χ3n) is 5.51. The summed E-state index contributed by atoms with van der Waals surface area (Å²) in [4.78, 5) is 29.2. The number of benzene rings is 2. The van der Waals surface area contributed by atoms with E-state index in [1.807, 2.05) is 13.0 Å². The van der Waals surface area contributed by atoms with Crippen molar-refractivity contribution in [2.24, 2.45) is 0 Å². The van der Waals surface area contributed by atoms with E-state index in [-0.39, 0.29) is 23.7 Å². The van der Waals surface area contributed by atoms with E-state index in [1.54, 1.807) is 36.9 Å². The molecule has 0 aliphatic rings. The van der Waals surface area contributed by atoms with Crippen LogP contribution in [0.4, 0.5) is 9.52 Å². The lowest BCUT2D eigenvalue weighted by Crippen LogP contribution is -2.20. The molecular formula is C24H17FN2O4S. The fourth-order valence-electron chi connectivity index (χ4n) is 3.86. The minimum absolute atomic E-state index is 0.128. The quantitative estimate of drug-likeness (QED) is 0.362. The lowest BCUT2D eigenvalue weighted by molar-refractivity contribution is -0.115. The monoisotopic (exact) mass is 448 g/mol. The van der Waals surface area contributed by atoms with E-state index in [4.69, 9.17) is 8.83 Å². The SMILES string of the molecule is Cc1c(CC(=O)Nc2nccs2)c(=O)oc2c(C)c3occ(-c4ccc(F)cc4)c3cc12. The Balaban J connectivity index is 1.64. The fraction of sp³-hybridized carbons (Fsp3) is 0.125. The molecule has 1 N–H and O–H groups in total. The molecule has 0 bridgehead atoms. The summed E-state index contributed by atoms with van der Waals surface area (Å²) >= 11 is 1.30. The molecule has 3 heterocycles. The first-order valence-electron chi connectivity index (χ1n) is 9.84. The minimum Gasteiger partial charge on any atom is -0.463 e. The van der Waals surface area contributed by atoms with E-state index in [0.717, 1.165) is 21.9 Å². The second-order valence-electron chi connectivity index (χ2n) is 7.47. The molecule has 0 saturated carbocycles. The smallest absolute Gasteiger partial charge is 0.340 e. The number of nitrogens with one attached hydrogen (secondary N) is 1. The van der Waals surface area contributed by atoms with Gasteiger partial charge in [-0.05, 0) is 43.2 Å². The molecule has 0 radical (unpaired) electrons. The van der Waals surface area contributed by atoms with Gasteiger partial charge in [-0.3, -0.25) is 4.79 Å². The third-order valence-corrected chi connectivity index (χ3v) is 6.20. The summed E-state index contributed by atoms with van der Waals surface area (Å²) in [5.74, 6) is -0.663. The van der Waals surface area contributed by atoms with E-state index >= 15 is 0 Å². The number of hydrogen-bond donors (Lipinski definition) is 1. The summed E-state index contributed by atoms with van der Waals surface area (Å²) in [6.45, 7) is 3.62. The van der Waals surface area contributed by atoms with Crippen LogP contribution in [-0.4, -0.2) is 10.9 Å². The van der Waals surface area contributed by atoms with Crippen LogP contribution in [0.5, 0.6) is 0 Å². The molecule has 5 aromatic rings. The Labute approximate surface area is 185 Å². The first-order chi connectivity index (χ1) is 15.4. The zero-order chi connectivity index (χ0) is 22.4. The maximum Gasteiger partial charge on any atom is 0.340 e. The highest BCUT2D eigenvalue weighted by molar-refractivity contribution is 7.13. The first kappa shape index (κ1) is 20.1. The number of amides is 1. The highest BCUT2D eigenvalue weighted by Gasteiger charge is 2.20. The van der Waals surface area contributed by atoms with Crippen molar-refractivity contribution in [1.82, 2.24) is 4.98 Å². The molecule has 3 aromatic heterocycles. The molecule has 0 fully saturated rings. The van der Waals surface area contributed by atoms with Gasteiger partial charge in [0.15, 0.2) is 5.13 Å². The van der Waals surface area contributed by atoms with Crippen molar-refractivity contribution in [3.8, 4) is 11.1 Å². The van der Waals surface area contributed by atoms with Gasteiger partial charge in [0.05, 0.1) is 18.2 Å². The van der Waals surface area contributed by atoms with E-state index in [1.165, 1.54) is 23.5 Å². The summed E-state index contributed by atoms with van der Waals surface area (Å²) in [5.41, 5.74) is 3.71. The van der Waals surface area contributed by atoms with Crippen LogP contribution in [-0.2, 0) is 11.2 Å². The van der Waals surface area contributed by atoms with E-state index in [0.29, 0.717) is 27.4 Å². The van der Waals surface area contributed by atoms with Crippen LogP contribution in [0.2, 0.25) is 0 Å². The van der Waals surface area contributed by atoms with Crippen LogP contribution < -0.4 is 10.9 Å². The predicted octanol–water partition coefficient (Wildman–Crippen LogP) is 5.60. The molecule has 0 aliphatic carbocycles. The van der Waals surface area contributed by atoms with Crippen LogP contribution in [0.3, 0.4) is 0 Å². The van der Waals surface area contributed by atoms with Gasteiger partial charge in [0.1, 0.15) is 17.0 Å². The second-order valence-corrected chi connectivity index (χ2v) is 8.36. The molecule has 2 aromatic carbocycles. The van der Waals surface area contributed by atoms with Crippen molar-refractivity contribution in [2.45, 2.75) is 20.3 Å². The van der Waals surface area contributed by atoms with Gasteiger partial charge in [-0.25, -0.2) is 14.2 Å².